The SMILES string of the molecule is O=C(NCCOc1ccc(Cl)cc1)c1nn(-c2ccccc2)c2c1CCC2. The Labute approximate surface area is 162 Å². The van der Waals surface area contributed by atoms with Crippen LogP contribution in [0.2, 0.25) is 5.02 Å². The van der Waals surface area contributed by atoms with Crippen LogP contribution in [0.5, 0.6) is 5.75 Å². The maximum absolute atomic E-state index is 12.6. The molecule has 1 aliphatic rings. The monoisotopic (exact) mass is 381 g/mol. The molecule has 6 heteroatoms. The molecule has 3 aromatic rings. The molecule has 0 radical (unpaired) electrons. The number of nitrogens with one attached hydrogen (secondary N) is 1. The number of carbonyl (C=O) groups is 1. The molecule has 5 nitrogen and oxygen atoms in total. The molecule has 1 aliphatic carbocycles. The fourth-order valence-electron chi connectivity index (χ4n) is 3.35. The number of amides is 1. The maximum Gasteiger partial charge on any atom is 0.272 e. The molecule has 1 N–H and O–H groups in total. The number of aromatic nitrogens is 2. The van der Waals surface area contributed by atoms with E-state index in [-0.39, 0.29) is 5.91 Å². The Morgan fingerprint density at radius 2 is 1.89 bits per heavy atom. The summed E-state index contributed by atoms with van der Waals surface area (Å²) in [5.41, 5.74) is 3.72. The lowest BCUT2D eigenvalue weighted by atomic mass is 10.2. The van der Waals surface area contributed by atoms with Crippen LogP contribution in [0, 0.1) is 0 Å². The van der Waals surface area contributed by atoms with Gasteiger partial charge in [0, 0.05) is 16.3 Å². The van der Waals surface area contributed by atoms with Gasteiger partial charge in [-0.15, -0.1) is 0 Å². The first kappa shape index (κ1) is 17.6. The second-order valence-corrected chi connectivity index (χ2v) is 6.87. The normalized spacial score (nSPS) is 12.6. The Kier molecular flexibility index (Phi) is 5.12. The predicted octanol–water partition coefficient (Wildman–Crippen LogP) is 3.82. The summed E-state index contributed by atoms with van der Waals surface area (Å²) in [4.78, 5) is 12.6. The van der Waals surface area contributed by atoms with Crippen LogP contribution >= 0.6 is 11.6 Å². The minimum absolute atomic E-state index is 0.150. The van der Waals surface area contributed by atoms with Gasteiger partial charge in [0.05, 0.1) is 12.2 Å². The topological polar surface area (TPSA) is 56.1 Å². The number of para-hydroxylation sites is 1. The highest BCUT2D eigenvalue weighted by Crippen LogP contribution is 2.27. The molecule has 27 heavy (non-hydrogen) atoms. The molecule has 0 atom stereocenters. The maximum atomic E-state index is 12.6. The van der Waals surface area contributed by atoms with Crippen molar-refractivity contribution in [3.05, 3.63) is 76.6 Å². The predicted molar refractivity (Wildman–Crippen MR) is 105 cm³/mol. The van der Waals surface area contributed by atoms with Gasteiger partial charge in [-0.2, -0.15) is 5.10 Å². The van der Waals surface area contributed by atoms with E-state index in [0.29, 0.717) is 23.9 Å². The zero-order chi connectivity index (χ0) is 18.6. The third-order valence-corrected chi connectivity index (χ3v) is 4.87. The molecule has 1 amide bonds. The number of nitrogens with zero attached hydrogens (tertiary/aromatic N) is 2. The summed E-state index contributed by atoms with van der Waals surface area (Å²) in [6, 6.07) is 17.1. The average molecular weight is 382 g/mol. The van der Waals surface area contributed by atoms with Gasteiger partial charge in [0.25, 0.3) is 5.91 Å². The van der Waals surface area contributed by atoms with E-state index in [1.165, 1.54) is 0 Å². The van der Waals surface area contributed by atoms with Crippen molar-refractivity contribution in [2.75, 3.05) is 13.2 Å². The van der Waals surface area contributed by atoms with Gasteiger partial charge in [0.1, 0.15) is 12.4 Å². The van der Waals surface area contributed by atoms with Crippen molar-refractivity contribution in [3.8, 4) is 11.4 Å². The van der Waals surface area contributed by atoms with Crippen molar-refractivity contribution in [1.29, 1.82) is 0 Å². The van der Waals surface area contributed by atoms with E-state index in [1.54, 1.807) is 24.3 Å². The lowest BCUT2D eigenvalue weighted by Crippen LogP contribution is -2.29. The van der Waals surface area contributed by atoms with E-state index in [2.05, 4.69) is 10.4 Å². The first-order valence-electron chi connectivity index (χ1n) is 9.05. The van der Waals surface area contributed by atoms with Crippen molar-refractivity contribution < 1.29 is 9.53 Å². The van der Waals surface area contributed by atoms with Crippen LogP contribution < -0.4 is 10.1 Å². The van der Waals surface area contributed by atoms with E-state index in [0.717, 1.165) is 42.0 Å². The molecule has 0 aliphatic heterocycles. The molecule has 0 spiro atoms. The molecule has 0 unspecified atom stereocenters. The minimum atomic E-state index is -0.150. The highest BCUT2D eigenvalue weighted by Gasteiger charge is 2.26. The van der Waals surface area contributed by atoms with Crippen LogP contribution in [0.1, 0.15) is 28.2 Å². The molecular weight excluding hydrogens is 362 g/mol. The van der Waals surface area contributed by atoms with Gasteiger partial charge in [0.2, 0.25) is 0 Å². The molecule has 1 aromatic heterocycles. The number of carbonyl (C=O) groups excluding carboxylic acids is 1. The molecule has 4 rings (SSSR count). The smallest absolute Gasteiger partial charge is 0.272 e. The molecule has 2 aromatic carbocycles. The lowest BCUT2D eigenvalue weighted by molar-refractivity contribution is 0.0940. The summed E-state index contributed by atoms with van der Waals surface area (Å²) in [7, 11) is 0. The van der Waals surface area contributed by atoms with Crippen LogP contribution in [0.25, 0.3) is 5.69 Å². The third-order valence-electron chi connectivity index (χ3n) is 4.62. The molecule has 0 fully saturated rings. The molecule has 1 heterocycles. The number of hydrogen-bond acceptors (Lipinski definition) is 3. The quantitative estimate of drug-likeness (QED) is 0.660. The van der Waals surface area contributed by atoms with Gasteiger partial charge in [-0.05, 0) is 55.7 Å². The van der Waals surface area contributed by atoms with Gasteiger partial charge in [0.15, 0.2) is 5.69 Å². The van der Waals surface area contributed by atoms with E-state index in [9.17, 15) is 4.79 Å². The van der Waals surface area contributed by atoms with Gasteiger partial charge < -0.3 is 10.1 Å². The van der Waals surface area contributed by atoms with Gasteiger partial charge in [-0.3, -0.25) is 4.79 Å². The number of benzene rings is 2. The summed E-state index contributed by atoms with van der Waals surface area (Å²) in [6.07, 6.45) is 2.90. The minimum Gasteiger partial charge on any atom is -0.492 e. The average Bonchev–Trinajstić information content (AvgIpc) is 3.30. The van der Waals surface area contributed by atoms with Gasteiger partial charge in [-0.1, -0.05) is 29.8 Å². The van der Waals surface area contributed by atoms with E-state index < -0.39 is 0 Å². The Morgan fingerprint density at radius 1 is 1.11 bits per heavy atom. The highest BCUT2D eigenvalue weighted by molar-refractivity contribution is 6.30. The first-order valence-corrected chi connectivity index (χ1v) is 9.43. The summed E-state index contributed by atoms with van der Waals surface area (Å²) >= 11 is 5.85. The van der Waals surface area contributed by atoms with E-state index in [1.807, 2.05) is 35.0 Å². The van der Waals surface area contributed by atoms with Crippen LogP contribution in [0.4, 0.5) is 0 Å². The zero-order valence-electron chi connectivity index (χ0n) is 14.8. The second kappa shape index (κ2) is 7.84. The molecular formula is C21H20ClN3O2. The van der Waals surface area contributed by atoms with Gasteiger partial charge >= 0.3 is 0 Å². The molecule has 0 saturated carbocycles. The Hall–Kier alpha value is -2.79. The number of ether oxygens (including phenoxy) is 1. The highest BCUT2D eigenvalue weighted by atomic mass is 35.5. The lowest BCUT2D eigenvalue weighted by Gasteiger charge is -2.07. The van der Waals surface area contributed by atoms with E-state index in [4.69, 9.17) is 16.3 Å². The summed E-state index contributed by atoms with van der Waals surface area (Å²) in [5.74, 6) is 0.574. The van der Waals surface area contributed by atoms with E-state index >= 15 is 0 Å². The molecule has 0 saturated heterocycles. The summed E-state index contributed by atoms with van der Waals surface area (Å²) in [5, 5.41) is 8.17. The van der Waals surface area contributed by atoms with Crippen LogP contribution in [0.15, 0.2) is 54.6 Å². The summed E-state index contributed by atoms with van der Waals surface area (Å²) in [6.45, 7) is 0.795. The fraction of sp³-hybridized carbons (Fsp3) is 0.238. The van der Waals surface area contributed by atoms with Crippen molar-refractivity contribution in [1.82, 2.24) is 15.1 Å². The fourth-order valence-corrected chi connectivity index (χ4v) is 3.48. The number of fused-ring (bicyclic) bond motifs is 1. The Morgan fingerprint density at radius 3 is 2.67 bits per heavy atom. The largest absolute Gasteiger partial charge is 0.492 e. The van der Waals surface area contributed by atoms with Crippen LogP contribution in [-0.4, -0.2) is 28.8 Å². The Bertz CT molecular complexity index is 936. The molecule has 0 bridgehead atoms. The Balaban J connectivity index is 1.41. The summed E-state index contributed by atoms with van der Waals surface area (Å²) < 4.78 is 7.52. The molecule has 138 valence electrons. The third kappa shape index (κ3) is 3.83. The zero-order valence-corrected chi connectivity index (χ0v) is 15.6. The van der Waals surface area contributed by atoms with Crippen LogP contribution in [0.3, 0.4) is 0 Å². The van der Waals surface area contributed by atoms with Crippen molar-refractivity contribution in [2.24, 2.45) is 0 Å². The standard InChI is InChI=1S/C21H20ClN3O2/c22-15-9-11-17(12-10-15)27-14-13-23-21(26)20-18-7-4-8-19(18)25(24-20)16-5-2-1-3-6-16/h1-3,5-6,9-12H,4,7-8,13-14H2,(H,23,26). The number of hydrogen-bond donors (Lipinski definition) is 1. The number of halogens is 1. The van der Waals surface area contributed by atoms with Crippen molar-refractivity contribution in [2.45, 2.75) is 19.3 Å². The first-order chi connectivity index (χ1) is 13.2. The van der Waals surface area contributed by atoms with Crippen molar-refractivity contribution in [3.63, 3.8) is 0 Å². The van der Waals surface area contributed by atoms with Crippen LogP contribution in [-0.2, 0) is 12.8 Å². The van der Waals surface area contributed by atoms with Gasteiger partial charge in [-0.25, -0.2) is 4.68 Å². The van der Waals surface area contributed by atoms with Crippen molar-refractivity contribution >= 4 is 17.5 Å². The second-order valence-electron chi connectivity index (χ2n) is 6.43. The number of rotatable bonds is 6.